The van der Waals surface area contributed by atoms with Gasteiger partial charge in [-0.15, -0.1) is 0 Å². The van der Waals surface area contributed by atoms with Crippen molar-refractivity contribution in [1.82, 2.24) is 0 Å². The molecule has 116 valence electrons. The Morgan fingerprint density at radius 1 is 0.955 bits per heavy atom. The van der Waals surface area contributed by atoms with Gasteiger partial charge in [-0.1, -0.05) is 50.1 Å². The summed E-state index contributed by atoms with van der Waals surface area (Å²) in [6.07, 6.45) is 0.971. The molecule has 0 unspecified atom stereocenters. The summed E-state index contributed by atoms with van der Waals surface area (Å²) in [5.74, 6) is 0.257. The highest BCUT2D eigenvalue weighted by atomic mass is 79.9. The number of alkyl halides is 2. The zero-order chi connectivity index (χ0) is 15.8. The standard InChI is InChI=1S/C17H17Br2NO2/c1-7-4-3-5-8(2)15(7)20-16(21)11-9-6-10(12(11)17(20)22)14(19)13(9)18/h3-5,9-14H,6H2,1-2H3/t9-,10-,11-,12+,13-,14+/m1/s1. The maximum Gasteiger partial charge on any atom is 0.238 e. The van der Waals surface area contributed by atoms with Gasteiger partial charge in [-0.3, -0.25) is 9.59 Å². The molecule has 1 saturated heterocycles. The summed E-state index contributed by atoms with van der Waals surface area (Å²) in [6, 6.07) is 5.89. The number of fused-ring (bicyclic) bond motifs is 5. The molecule has 1 aromatic rings. The number of amides is 2. The molecule has 2 aliphatic carbocycles. The predicted octanol–water partition coefficient (Wildman–Crippen LogP) is 3.59. The number of imide groups is 1. The van der Waals surface area contributed by atoms with Crippen LogP contribution in [-0.4, -0.2) is 21.5 Å². The third kappa shape index (κ3) is 1.72. The largest absolute Gasteiger partial charge is 0.274 e. The molecule has 2 bridgehead atoms. The summed E-state index contributed by atoms with van der Waals surface area (Å²) in [7, 11) is 0. The van der Waals surface area contributed by atoms with E-state index in [0.29, 0.717) is 0 Å². The van der Waals surface area contributed by atoms with Crippen LogP contribution in [0.4, 0.5) is 5.69 Å². The molecule has 22 heavy (non-hydrogen) atoms. The fraction of sp³-hybridized carbons (Fsp3) is 0.529. The number of hydrogen-bond acceptors (Lipinski definition) is 2. The Kier molecular flexibility index (Phi) is 3.32. The lowest BCUT2D eigenvalue weighted by Gasteiger charge is -2.28. The number of nitrogens with zero attached hydrogens (tertiary/aromatic N) is 1. The lowest BCUT2D eigenvalue weighted by molar-refractivity contribution is -0.123. The molecule has 1 aliphatic heterocycles. The van der Waals surface area contributed by atoms with E-state index in [1.807, 2.05) is 32.0 Å². The smallest absolute Gasteiger partial charge is 0.238 e. The number of para-hydroxylation sites is 1. The van der Waals surface area contributed by atoms with Gasteiger partial charge in [-0.25, -0.2) is 4.90 Å². The fourth-order valence-corrected chi connectivity index (χ4v) is 6.60. The van der Waals surface area contributed by atoms with Gasteiger partial charge in [0.2, 0.25) is 11.8 Å². The van der Waals surface area contributed by atoms with Gasteiger partial charge >= 0.3 is 0 Å². The van der Waals surface area contributed by atoms with Crippen molar-refractivity contribution in [3.05, 3.63) is 29.3 Å². The van der Waals surface area contributed by atoms with Gasteiger partial charge in [-0.05, 0) is 43.2 Å². The Morgan fingerprint density at radius 2 is 1.41 bits per heavy atom. The van der Waals surface area contributed by atoms with Crippen molar-refractivity contribution in [2.24, 2.45) is 23.7 Å². The minimum Gasteiger partial charge on any atom is -0.274 e. The molecule has 0 radical (unpaired) electrons. The Morgan fingerprint density at radius 3 is 1.86 bits per heavy atom. The van der Waals surface area contributed by atoms with E-state index in [1.165, 1.54) is 4.90 Å². The van der Waals surface area contributed by atoms with Crippen LogP contribution in [0.3, 0.4) is 0 Å². The second-order valence-corrected chi connectivity index (χ2v) is 8.87. The van der Waals surface area contributed by atoms with E-state index in [-0.39, 0.29) is 45.1 Å². The summed E-state index contributed by atoms with van der Waals surface area (Å²) < 4.78 is 0. The van der Waals surface area contributed by atoms with Crippen molar-refractivity contribution in [3.8, 4) is 0 Å². The zero-order valence-corrected chi connectivity index (χ0v) is 15.6. The molecule has 1 heterocycles. The molecule has 2 saturated carbocycles. The molecule has 0 aromatic heterocycles. The molecule has 0 spiro atoms. The molecule has 2 amide bonds. The van der Waals surface area contributed by atoms with E-state index in [9.17, 15) is 9.59 Å². The molecule has 0 N–H and O–H groups in total. The summed E-state index contributed by atoms with van der Waals surface area (Å²) in [4.78, 5) is 28.1. The summed E-state index contributed by atoms with van der Waals surface area (Å²) in [5, 5.41) is 0. The summed E-state index contributed by atoms with van der Waals surface area (Å²) in [6.45, 7) is 3.93. The number of hydrogen-bond donors (Lipinski definition) is 0. The van der Waals surface area contributed by atoms with Crippen molar-refractivity contribution in [2.75, 3.05) is 4.90 Å². The maximum atomic E-state index is 13.0. The number of carbonyl (C=O) groups excluding carboxylic acids is 2. The topological polar surface area (TPSA) is 37.4 Å². The van der Waals surface area contributed by atoms with Crippen molar-refractivity contribution in [3.63, 3.8) is 0 Å². The predicted molar refractivity (Wildman–Crippen MR) is 92.4 cm³/mol. The van der Waals surface area contributed by atoms with Crippen LogP contribution in [0.15, 0.2) is 18.2 Å². The highest BCUT2D eigenvalue weighted by Crippen LogP contribution is 2.60. The van der Waals surface area contributed by atoms with Gasteiger partial charge in [0.05, 0.1) is 17.5 Å². The van der Waals surface area contributed by atoms with Gasteiger partial charge < -0.3 is 0 Å². The van der Waals surface area contributed by atoms with Gasteiger partial charge in [0, 0.05) is 9.65 Å². The lowest BCUT2D eigenvalue weighted by atomic mass is 9.81. The Labute approximate surface area is 146 Å². The first-order valence-corrected chi connectivity index (χ1v) is 9.48. The van der Waals surface area contributed by atoms with E-state index in [1.54, 1.807) is 0 Å². The quantitative estimate of drug-likeness (QED) is 0.508. The monoisotopic (exact) mass is 425 g/mol. The molecule has 6 atom stereocenters. The molecule has 5 heteroatoms. The van der Waals surface area contributed by atoms with Crippen LogP contribution in [0.2, 0.25) is 0 Å². The molecule has 3 fully saturated rings. The van der Waals surface area contributed by atoms with Crippen LogP contribution in [0.25, 0.3) is 0 Å². The summed E-state index contributed by atoms with van der Waals surface area (Å²) >= 11 is 7.44. The molecule has 3 aliphatic rings. The number of halogens is 2. The minimum atomic E-state index is -0.144. The third-order valence-corrected chi connectivity index (χ3v) is 8.86. The SMILES string of the molecule is Cc1cccc(C)c1N1C(=O)[C@@H]2[C@H]3C[C@@H]([C@H](Br)[C@@H]3Br)[C@@H]2C1=O. The van der Waals surface area contributed by atoms with E-state index in [4.69, 9.17) is 0 Å². The zero-order valence-electron chi connectivity index (χ0n) is 12.4. The van der Waals surface area contributed by atoms with Crippen molar-refractivity contribution in [1.29, 1.82) is 0 Å². The second kappa shape index (κ2) is 4.91. The van der Waals surface area contributed by atoms with Crippen molar-refractivity contribution >= 4 is 49.4 Å². The first-order chi connectivity index (χ1) is 10.4. The first-order valence-electron chi connectivity index (χ1n) is 7.65. The first kappa shape index (κ1) is 14.9. The Balaban J connectivity index is 1.80. The number of rotatable bonds is 1. The maximum absolute atomic E-state index is 13.0. The van der Waals surface area contributed by atoms with Gasteiger partial charge in [0.25, 0.3) is 0 Å². The number of benzene rings is 1. The Bertz CT molecular complexity index is 637. The van der Waals surface area contributed by atoms with E-state index < -0.39 is 0 Å². The molecule has 3 nitrogen and oxygen atoms in total. The molecule has 4 rings (SSSR count). The average molecular weight is 427 g/mol. The highest BCUT2D eigenvalue weighted by Gasteiger charge is 2.66. The van der Waals surface area contributed by atoms with E-state index >= 15 is 0 Å². The number of anilines is 1. The average Bonchev–Trinajstić information content (AvgIpc) is 3.06. The van der Waals surface area contributed by atoms with Crippen LogP contribution >= 0.6 is 31.9 Å². The normalized spacial score (nSPS) is 39.7. The molecular weight excluding hydrogens is 410 g/mol. The van der Waals surface area contributed by atoms with Crippen LogP contribution < -0.4 is 4.90 Å². The number of aryl methyl sites for hydroxylation is 2. The van der Waals surface area contributed by atoms with Gasteiger partial charge in [0.1, 0.15) is 0 Å². The summed E-state index contributed by atoms with van der Waals surface area (Å²) in [5.41, 5.74) is 2.77. The van der Waals surface area contributed by atoms with E-state index in [2.05, 4.69) is 31.9 Å². The lowest BCUT2D eigenvalue weighted by Crippen LogP contribution is -2.37. The van der Waals surface area contributed by atoms with Crippen molar-refractivity contribution < 1.29 is 9.59 Å². The van der Waals surface area contributed by atoms with Crippen LogP contribution in [0.1, 0.15) is 17.5 Å². The number of carbonyl (C=O) groups is 2. The minimum absolute atomic E-state index is 0.00347. The van der Waals surface area contributed by atoms with Crippen molar-refractivity contribution in [2.45, 2.75) is 29.9 Å². The van der Waals surface area contributed by atoms with Gasteiger partial charge in [0.15, 0.2) is 0 Å². The second-order valence-electron chi connectivity index (χ2n) is 6.76. The van der Waals surface area contributed by atoms with Crippen LogP contribution in [-0.2, 0) is 9.59 Å². The van der Waals surface area contributed by atoms with Gasteiger partial charge in [-0.2, -0.15) is 0 Å². The molecular formula is C17H17Br2NO2. The van der Waals surface area contributed by atoms with Crippen LogP contribution in [0, 0.1) is 37.5 Å². The highest BCUT2D eigenvalue weighted by molar-refractivity contribution is 9.12. The van der Waals surface area contributed by atoms with E-state index in [0.717, 1.165) is 23.2 Å². The Hall–Kier alpha value is -0.680. The third-order valence-electron chi connectivity index (χ3n) is 5.65. The molecule has 1 aromatic carbocycles. The fourth-order valence-electron chi connectivity index (χ4n) is 4.73. The van der Waals surface area contributed by atoms with Crippen LogP contribution in [0.5, 0.6) is 0 Å².